The normalized spacial score (nSPS) is 21.2. The number of allylic oxidation sites excluding steroid dienone is 2. The fourth-order valence-corrected chi connectivity index (χ4v) is 3.35. The van der Waals surface area contributed by atoms with Gasteiger partial charge in [0.05, 0.1) is 11.6 Å². The van der Waals surface area contributed by atoms with Crippen molar-refractivity contribution in [2.24, 2.45) is 17.3 Å². The highest BCUT2D eigenvalue weighted by Crippen LogP contribution is 2.59. The minimum Gasteiger partial charge on any atom is -0.323 e. The number of aromatic nitrogens is 3. The minimum absolute atomic E-state index is 0.00531. The Kier molecular flexibility index (Phi) is 4.03. The van der Waals surface area contributed by atoms with Crippen molar-refractivity contribution in [3.63, 3.8) is 0 Å². The van der Waals surface area contributed by atoms with Crippen LogP contribution in [0.25, 0.3) is 5.82 Å². The van der Waals surface area contributed by atoms with Gasteiger partial charge in [0, 0.05) is 18.6 Å². The van der Waals surface area contributed by atoms with Crippen LogP contribution in [0.3, 0.4) is 0 Å². The van der Waals surface area contributed by atoms with Crippen LogP contribution in [0.1, 0.15) is 33.5 Å². The molecule has 1 amide bonds. The van der Waals surface area contributed by atoms with Crippen molar-refractivity contribution in [3.8, 4) is 5.82 Å². The lowest BCUT2D eigenvalue weighted by atomic mass is 10.1. The van der Waals surface area contributed by atoms with Crippen LogP contribution in [-0.4, -0.2) is 20.4 Å². The van der Waals surface area contributed by atoms with Crippen molar-refractivity contribution in [1.82, 2.24) is 14.5 Å². The van der Waals surface area contributed by atoms with Gasteiger partial charge >= 0.3 is 0 Å². The number of nitrogens with zero attached hydrogens (tertiary/aromatic N) is 3. The van der Waals surface area contributed by atoms with Gasteiger partial charge in [-0.1, -0.05) is 25.5 Å². The first-order valence-corrected chi connectivity index (χ1v) is 8.23. The predicted octanol–water partition coefficient (Wildman–Crippen LogP) is 3.75. The van der Waals surface area contributed by atoms with Gasteiger partial charge in [0.1, 0.15) is 5.82 Å². The number of rotatable bonds is 4. The van der Waals surface area contributed by atoms with Crippen molar-refractivity contribution in [1.29, 1.82) is 0 Å². The third-order valence-corrected chi connectivity index (χ3v) is 4.80. The fraction of sp³-hybridized carbons (Fsp3) is 0.421. The van der Waals surface area contributed by atoms with Crippen LogP contribution in [0.15, 0.2) is 42.4 Å². The molecule has 1 aliphatic rings. The summed E-state index contributed by atoms with van der Waals surface area (Å²) in [6.45, 7) is 10.3. The highest BCUT2D eigenvalue weighted by molar-refractivity contribution is 5.97. The number of carbonyl (C=O) groups is 1. The van der Waals surface area contributed by atoms with E-state index in [-0.39, 0.29) is 23.2 Å². The number of anilines is 1. The number of carbonyl (C=O) groups excluding carboxylic acids is 1. The van der Waals surface area contributed by atoms with Gasteiger partial charge in [0.2, 0.25) is 5.91 Å². The Morgan fingerprint density at radius 2 is 2.04 bits per heavy atom. The molecule has 2 heterocycles. The Balaban J connectivity index is 1.84. The van der Waals surface area contributed by atoms with Crippen molar-refractivity contribution < 1.29 is 4.79 Å². The molecule has 2 atom stereocenters. The number of nitrogens with one attached hydrogen (secondary N) is 1. The van der Waals surface area contributed by atoms with Gasteiger partial charge in [0.15, 0.2) is 5.82 Å². The van der Waals surface area contributed by atoms with E-state index in [1.165, 1.54) is 5.57 Å². The third kappa shape index (κ3) is 2.86. The van der Waals surface area contributed by atoms with Crippen LogP contribution in [0.5, 0.6) is 0 Å². The summed E-state index contributed by atoms with van der Waals surface area (Å²) in [4.78, 5) is 21.4. The number of pyridine rings is 1. The molecule has 5 nitrogen and oxygen atoms in total. The second-order valence-electron chi connectivity index (χ2n) is 7.28. The summed E-state index contributed by atoms with van der Waals surface area (Å²) in [5.41, 5.74) is 1.95. The summed E-state index contributed by atoms with van der Waals surface area (Å²) in [6, 6.07) is 3.71. The van der Waals surface area contributed by atoms with Gasteiger partial charge in [-0.3, -0.25) is 9.36 Å². The first-order chi connectivity index (χ1) is 11.3. The van der Waals surface area contributed by atoms with E-state index in [0.29, 0.717) is 11.5 Å². The largest absolute Gasteiger partial charge is 0.323 e. The zero-order valence-electron chi connectivity index (χ0n) is 14.9. The Morgan fingerprint density at radius 1 is 1.29 bits per heavy atom. The molecule has 0 aliphatic heterocycles. The standard InChI is InChI=1S/C19H24N4O/c1-12(2)11-14-16(19(14,4)5)18(24)22-15-7-6-8-21-17(15)23-10-9-20-13(23)3/h6-11,14,16H,1-5H3,(H,22,24)/t14-,16-/m0/s1. The lowest BCUT2D eigenvalue weighted by Gasteiger charge is -2.12. The molecule has 0 aromatic carbocycles. The van der Waals surface area contributed by atoms with Crippen molar-refractivity contribution in [3.05, 3.63) is 48.2 Å². The Bertz CT molecular complexity index is 799. The van der Waals surface area contributed by atoms with Crippen LogP contribution in [0, 0.1) is 24.2 Å². The number of amides is 1. The molecule has 0 radical (unpaired) electrons. The number of imidazole rings is 1. The average molecular weight is 324 g/mol. The first-order valence-electron chi connectivity index (χ1n) is 8.23. The molecule has 0 unspecified atom stereocenters. The zero-order chi connectivity index (χ0) is 17.5. The summed E-state index contributed by atoms with van der Waals surface area (Å²) in [5.74, 6) is 1.85. The monoisotopic (exact) mass is 324 g/mol. The van der Waals surface area contributed by atoms with E-state index in [4.69, 9.17) is 0 Å². The minimum atomic E-state index is -0.00987. The summed E-state index contributed by atoms with van der Waals surface area (Å²) >= 11 is 0. The Morgan fingerprint density at radius 3 is 2.67 bits per heavy atom. The van der Waals surface area contributed by atoms with Crippen LogP contribution in [0.2, 0.25) is 0 Å². The lowest BCUT2D eigenvalue weighted by molar-refractivity contribution is -0.118. The molecule has 2 aromatic rings. The highest BCUT2D eigenvalue weighted by atomic mass is 16.2. The Hall–Kier alpha value is -2.43. The zero-order valence-corrected chi connectivity index (χ0v) is 14.9. The Labute approximate surface area is 142 Å². The van der Waals surface area contributed by atoms with Crippen LogP contribution in [0.4, 0.5) is 5.69 Å². The molecule has 24 heavy (non-hydrogen) atoms. The summed E-state index contributed by atoms with van der Waals surface area (Å²) < 4.78 is 1.88. The molecular formula is C19H24N4O. The summed E-state index contributed by atoms with van der Waals surface area (Å²) in [6.07, 6.45) is 7.50. The second kappa shape index (κ2) is 5.89. The maximum atomic E-state index is 12.8. The molecule has 1 aliphatic carbocycles. The SMILES string of the molecule is CC(C)=C[C@H]1[C@@H](C(=O)Nc2cccnc2-n2ccnc2C)C1(C)C. The molecule has 126 valence electrons. The van der Waals surface area contributed by atoms with Gasteiger partial charge in [-0.05, 0) is 44.2 Å². The lowest BCUT2D eigenvalue weighted by Crippen LogP contribution is -2.18. The first kappa shape index (κ1) is 16.4. The quantitative estimate of drug-likeness (QED) is 0.871. The molecular weight excluding hydrogens is 300 g/mol. The van der Waals surface area contributed by atoms with E-state index in [9.17, 15) is 4.79 Å². The maximum absolute atomic E-state index is 12.8. The number of hydrogen-bond donors (Lipinski definition) is 1. The molecule has 3 rings (SSSR count). The molecule has 0 bridgehead atoms. The van der Waals surface area contributed by atoms with Crippen molar-refractivity contribution in [2.75, 3.05) is 5.32 Å². The second-order valence-corrected chi connectivity index (χ2v) is 7.28. The molecule has 0 spiro atoms. The summed E-state index contributed by atoms with van der Waals surface area (Å²) in [5, 5.41) is 3.07. The van der Waals surface area contributed by atoms with Gasteiger partial charge in [0.25, 0.3) is 0 Å². The molecule has 1 fully saturated rings. The molecule has 5 heteroatoms. The summed E-state index contributed by atoms with van der Waals surface area (Å²) in [7, 11) is 0. The molecule has 2 aromatic heterocycles. The van der Waals surface area contributed by atoms with E-state index >= 15 is 0 Å². The highest BCUT2D eigenvalue weighted by Gasteiger charge is 2.60. The van der Waals surface area contributed by atoms with E-state index in [2.05, 4.69) is 49.1 Å². The average Bonchev–Trinajstić information content (AvgIpc) is 2.83. The van der Waals surface area contributed by atoms with Gasteiger partial charge in [-0.15, -0.1) is 0 Å². The smallest absolute Gasteiger partial charge is 0.228 e. The van der Waals surface area contributed by atoms with Crippen molar-refractivity contribution in [2.45, 2.75) is 34.6 Å². The van der Waals surface area contributed by atoms with Gasteiger partial charge in [-0.25, -0.2) is 9.97 Å². The van der Waals surface area contributed by atoms with Crippen LogP contribution < -0.4 is 5.32 Å². The number of hydrogen-bond acceptors (Lipinski definition) is 3. The molecule has 1 saturated carbocycles. The van der Waals surface area contributed by atoms with E-state index in [1.54, 1.807) is 12.4 Å². The van der Waals surface area contributed by atoms with E-state index in [1.807, 2.05) is 29.8 Å². The van der Waals surface area contributed by atoms with E-state index < -0.39 is 0 Å². The van der Waals surface area contributed by atoms with Crippen LogP contribution in [-0.2, 0) is 4.79 Å². The topological polar surface area (TPSA) is 59.8 Å². The third-order valence-electron chi connectivity index (χ3n) is 4.80. The van der Waals surface area contributed by atoms with Crippen LogP contribution >= 0.6 is 0 Å². The van der Waals surface area contributed by atoms with Gasteiger partial charge in [-0.2, -0.15) is 0 Å². The number of aryl methyl sites for hydroxylation is 1. The fourth-order valence-electron chi connectivity index (χ4n) is 3.35. The predicted molar refractivity (Wildman–Crippen MR) is 94.9 cm³/mol. The maximum Gasteiger partial charge on any atom is 0.228 e. The molecule has 0 saturated heterocycles. The van der Waals surface area contributed by atoms with E-state index in [0.717, 1.165) is 5.82 Å². The van der Waals surface area contributed by atoms with Crippen molar-refractivity contribution >= 4 is 11.6 Å². The molecule has 1 N–H and O–H groups in total. The van der Waals surface area contributed by atoms with Gasteiger partial charge < -0.3 is 5.32 Å².